The first-order chi connectivity index (χ1) is 13.4. The van der Waals surface area contributed by atoms with Gasteiger partial charge in [0.15, 0.2) is 5.96 Å². The molecule has 0 saturated heterocycles. The second kappa shape index (κ2) is 10.5. The minimum Gasteiger partial charge on any atom is -0.357 e. The smallest absolute Gasteiger partial charge is 0.253 e. The number of rotatable bonds is 7. The molecule has 0 radical (unpaired) electrons. The molecule has 0 spiro atoms. The van der Waals surface area contributed by atoms with Crippen molar-refractivity contribution in [2.24, 2.45) is 4.99 Å². The van der Waals surface area contributed by atoms with Crippen LogP contribution >= 0.6 is 0 Å². The van der Waals surface area contributed by atoms with E-state index in [2.05, 4.69) is 49.6 Å². The molecule has 0 atom stereocenters. The second-order valence-electron chi connectivity index (χ2n) is 7.20. The Kier molecular flexibility index (Phi) is 8.05. The number of hydrogen-bond acceptors (Lipinski definition) is 2. The van der Waals surface area contributed by atoms with Gasteiger partial charge in [0.05, 0.1) is 6.54 Å². The van der Waals surface area contributed by atoms with Crippen molar-refractivity contribution >= 4 is 11.9 Å². The molecular weight excluding hydrogens is 348 g/mol. The van der Waals surface area contributed by atoms with Gasteiger partial charge in [-0.05, 0) is 56.0 Å². The van der Waals surface area contributed by atoms with Crippen LogP contribution in [0.25, 0.3) is 0 Å². The fourth-order valence-corrected chi connectivity index (χ4v) is 2.97. The van der Waals surface area contributed by atoms with Gasteiger partial charge in [-0.1, -0.05) is 35.9 Å². The van der Waals surface area contributed by atoms with Gasteiger partial charge in [-0.3, -0.25) is 4.79 Å². The molecule has 0 unspecified atom stereocenters. The van der Waals surface area contributed by atoms with Crippen LogP contribution < -0.4 is 10.6 Å². The summed E-state index contributed by atoms with van der Waals surface area (Å²) < 4.78 is 0. The summed E-state index contributed by atoms with van der Waals surface area (Å²) in [5.41, 5.74) is 5.62. The van der Waals surface area contributed by atoms with E-state index in [1.165, 1.54) is 16.7 Å². The first-order valence-corrected chi connectivity index (χ1v) is 9.79. The molecule has 0 aliphatic rings. The Hall–Kier alpha value is -2.82. The number of carbonyl (C=O) groups is 1. The summed E-state index contributed by atoms with van der Waals surface area (Å²) in [6.07, 6.45) is 0.822. The summed E-state index contributed by atoms with van der Waals surface area (Å²) >= 11 is 0. The van der Waals surface area contributed by atoms with E-state index in [0.717, 1.165) is 36.6 Å². The number of nitrogens with one attached hydrogen (secondary N) is 2. The van der Waals surface area contributed by atoms with Crippen LogP contribution in [-0.2, 0) is 13.0 Å². The summed E-state index contributed by atoms with van der Waals surface area (Å²) in [5.74, 6) is 0.834. The van der Waals surface area contributed by atoms with E-state index < -0.39 is 0 Å². The maximum atomic E-state index is 12.1. The molecule has 2 rings (SSSR count). The second-order valence-corrected chi connectivity index (χ2v) is 7.20. The molecule has 2 aromatic carbocycles. The molecule has 0 saturated carbocycles. The van der Waals surface area contributed by atoms with E-state index in [1.54, 1.807) is 19.0 Å². The molecule has 0 aromatic heterocycles. The molecule has 150 valence electrons. The normalized spacial score (nSPS) is 11.2. The van der Waals surface area contributed by atoms with E-state index >= 15 is 0 Å². The number of aliphatic imine (C=N–C) groups is 1. The van der Waals surface area contributed by atoms with Crippen molar-refractivity contribution < 1.29 is 4.79 Å². The number of nitrogens with zero attached hydrogens (tertiary/aromatic N) is 2. The number of guanidine groups is 1. The van der Waals surface area contributed by atoms with Crippen LogP contribution in [0.15, 0.2) is 47.5 Å². The maximum Gasteiger partial charge on any atom is 0.253 e. The van der Waals surface area contributed by atoms with E-state index in [9.17, 15) is 4.79 Å². The first kappa shape index (κ1) is 21.5. The van der Waals surface area contributed by atoms with Crippen molar-refractivity contribution in [3.8, 4) is 0 Å². The third-order valence-corrected chi connectivity index (χ3v) is 4.54. The van der Waals surface area contributed by atoms with E-state index in [1.807, 2.05) is 24.3 Å². The Bertz CT molecular complexity index is 827. The fourth-order valence-electron chi connectivity index (χ4n) is 2.97. The molecular formula is C23H32N4O. The van der Waals surface area contributed by atoms with Gasteiger partial charge in [-0.15, -0.1) is 0 Å². The van der Waals surface area contributed by atoms with Crippen LogP contribution in [-0.4, -0.2) is 44.0 Å². The molecule has 1 amide bonds. The number of carbonyl (C=O) groups excluding carboxylic acids is 1. The molecule has 0 bridgehead atoms. The molecule has 5 heteroatoms. The summed E-state index contributed by atoms with van der Waals surface area (Å²) in [6, 6.07) is 14.3. The zero-order chi connectivity index (χ0) is 20.5. The first-order valence-electron chi connectivity index (χ1n) is 9.79. The Labute approximate surface area is 168 Å². The summed E-state index contributed by atoms with van der Waals surface area (Å²) in [5, 5.41) is 6.68. The van der Waals surface area contributed by atoms with Gasteiger partial charge in [-0.2, -0.15) is 0 Å². The highest BCUT2D eigenvalue weighted by atomic mass is 16.2. The highest BCUT2D eigenvalue weighted by Gasteiger charge is 2.08. The molecule has 2 N–H and O–H groups in total. The average Bonchev–Trinajstić information content (AvgIpc) is 2.66. The number of hydrogen-bond donors (Lipinski definition) is 2. The maximum absolute atomic E-state index is 12.1. The lowest BCUT2D eigenvalue weighted by molar-refractivity contribution is 0.0827. The van der Waals surface area contributed by atoms with Crippen molar-refractivity contribution in [2.75, 3.05) is 27.2 Å². The van der Waals surface area contributed by atoms with Gasteiger partial charge in [-0.25, -0.2) is 4.99 Å². The van der Waals surface area contributed by atoms with E-state index in [0.29, 0.717) is 6.54 Å². The van der Waals surface area contributed by atoms with Gasteiger partial charge < -0.3 is 15.5 Å². The number of aryl methyl sites for hydroxylation is 2. The SMILES string of the molecule is CCNC(=NCc1ccc(C)cc1C)NCCc1cccc(C(=O)N(C)C)c1. The van der Waals surface area contributed by atoms with Crippen molar-refractivity contribution in [3.05, 3.63) is 70.3 Å². The Morgan fingerprint density at radius 3 is 2.54 bits per heavy atom. The molecule has 5 nitrogen and oxygen atoms in total. The van der Waals surface area contributed by atoms with Gasteiger partial charge in [0, 0.05) is 32.7 Å². The van der Waals surface area contributed by atoms with Crippen LogP contribution in [0.4, 0.5) is 0 Å². The van der Waals surface area contributed by atoms with Crippen molar-refractivity contribution in [2.45, 2.75) is 33.7 Å². The Morgan fingerprint density at radius 2 is 1.86 bits per heavy atom. The highest BCUT2D eigenvalue weighted by Crippen LogP contribution is 2.11. The molecule has 0 heterocycles. The van der Waals surface area contributed by atoms with Gasteiger partial charge >= 0.3 is 0 Å². The van der Waals surface area contributed by atoms with Crippen LogP contribution in [0.3, 0.4) is 0 Å². The van der Waals surface area contributed by atoms with Crippen molar-refractivity contribution in [1.82, 2.24) is 15.5 Å². The van der Waals surface area contributed by atoms with Crippen molar-refractivity contribution in [3.63, 3.8) is 0 Å². The Balaban J connectivity index is 1.96. The van der Waals surface area contributed by atoms with Gasteiger partial charge in [0.1, 0.15) is 0 Å². The van der Waals surface area contributed by atoms with Crippen LogP contribution in [0.1, 0.15) is 39.5 Å². The molecule has 0 fully saturated rings. The third-order valence-electron chi connectivity index (χ3n) is 4.54. The standard InChI is InChI=1S/C23H32N4O/c1-6-24-23(26-16-21-11-10-17(2)14-18(21)3)25-13-12-19-8-7-9-20(15-19)22(28)27(4)5/h7-11,14-15H,6,12-13,16H2,1-5H3,(H2,24,25,26). The molecule has 0 aliphatic carbocycles. The van der Waals surface area contributed by atoms with Crippen LogP contribution in [0, 0.1) is 13.8 Å². The molecule has 28 heavy (non-hydrogen) atoms. The number of amides is 1. The summed E-state index contributed by atoms with van der Waals surface area (Å²) in [7, 11) is 3.54. The van der Waals surface area contributed by atoms with Crippen LogP contribution in [0.2, 0.25) is 0 Å². The zero-order valence-electron chi connectivity index (χ0n) is 17.7. The van der Waals surface area contributed by atoms with Gasteiger partial charge in [0.25, 0.3) is 5.91 Å². The summed E-state index contributed by atoms with van der Waals surface area (Å²) in [6.45, 7) is 8.50. The minimum atomic E-state index is 0.0261. The Morgan fingerprint density at radius 1 is 1.07 bits per heavy atom. The molecule has 0 aliphatic heterocycles. The van der Waals surface area contributed by atoms with E-state index in [4.69, 9.17) is 4.99 Å². The number of benzene rings is 2. The largest absolute Gasteiger partial charge is 0.357 e. The topological polar surface area (TPSA) is 56.7 Å². The van der Waals surface area contributed by atoms with E-state index in [-0.39, 0.29) is 5.91 Å². The average molecular weight is 381 g/mol. The summed E-state index contributed by atoms with van der Waals surface area (Å²) in [4.78, 5) is 18.4. The fraction of sp³-hybridized carbons (Fsp3) is 0.391. The predicted molar refractivity (Wildman–Crippen MR) is 117 cm³/mol. The monoisotopic (exact) mass is 380 g/mol. The van der Waals surface area contributed by atoms with Crippen LogP contribution in [0.5, 0.6) is 0 Å². The third kappa shape index (κ3) is 6.41. The zero-order valence-corrected chi connectivity index (χ0v) is 17.7. The molecule has 2 aromatic rings. The highest BCUT2D eigenvalue weighted by molar-refractivity contribution is 5.94. The predicted octanol–water partition coefficient (Wildman–Crippen LogP) is 3.30. The van der Waals surface area contributed by atoms with Gasteiger partial charge in [0.2, 0.25) is 0 Å². The van der Waals surface area contributed by atoms with Crippen molar-refractivity contribution in [1.29, 1.82) is 0 Å². The lowest BCUT2D eigenvalue weighted by atomic mass is 10.1. The lowest BCUT2D eigenvalue weighted by Gasteiger charge is -2.13. The minimum absolute atomic E-state index is 0.0261. The lowest BCUT2D eigenvalue weighted by Crippen LogP contribution is -2.38. The quantitative estimate of drug-likeness (QED) is 0.572.